The first-order valence-corrected chi connectivity index (χ1v) is 8.76. The van der Waals surface area contributed by atoms with Crippen molar-refractivity contribution in [3.8, 4) is 0 Å². The molecular formula is C17H32O5. The maximum absolute atomic E-state index is 6.02. The molecule has 0 aliphatic carbocycles. The van der Waals surface area contributed by atoms with Crippen molar-refractivity contribution in [3.05, 3.63) is 0 Å². The van der Waals surface area contributed by atoms with E-state index >= 15 is 0 Å². The molecule has 5 heteroatoms. The normalized spacial score (nSPS) is 31.4. The first kappa shape index (κ1) is 18.1. The summed E-state index contributed by atoms with van der Waals surface area (Å²) in [6.07, 6.45) is 4.91. The highest BCUT2D eigenvalue weighted by Gasteiger charge is 2.50. The van der Waals surface area contributed by atoms with E-state index in [1.165, 1.54) is 0 Å². The minimum Gasteiger partial charge on any atom is -0.379 e. The molecule has 4 atom stereocenters. The van der Waals surface area contributed by atoms with Gasteiger partial charge in [0.25, 0.3) is 0 Å². The molecule has 4 unspecified atom stereocenters. The molecule has 5 nitrogen and oxygen atoms in total. The Hall–Kier alpha value is -0.200. The Kier molecular flexibility index (Phi) is 7.09. The van der Waals surface area contributed by atoms with Crippen LogP contribution in [0.25, 0.3) is 0 Å². The Morgan fingerprint density at radius 3 is 2.50 bits per heavy atom. The molecule has 0 radical (unpaired) electrons. The molecule has 0 aromatic rings. The van der Waals surface area contributed by atoms with E-state index in [9.17, 15) is 0 Å². The summed E-state index contributed by atoms with van der Waals surface area (Å²) in [5, 5.41) is 0. The first-order valence-electron chi connectivity index (χ1n) is 8.76. The summed E-state index contributed by atoms with van der Waals surface area (Å²) < 4.78 is 29.4. The Bertz CT molecular complexity index is 304. The minimum atomic E-state index is -0.545. The lowest BCUT2D eigenvalue weighted by molar-refractivity contribution is -0.220. The fourth-order valence-corrected chi connectivity index (χ4v) is 2.86. The average molecular weight is 316 g/mol. The molecule has 0 bridgehead atoms. The smallest absolute Gasteiger partial charge is 0.187 e. The van der Waals surface area contributed by atoms with Crippen LogP contribution in [-0.4, -0.2) is 50.2 Å². The van der Waals surface area contributed by atoms with E-state index in [1.54, 1.807) is 0 Å². The van der Waals surface area contributed by atoms with E-state index in [0.717, 1.165) is 45.3 Å². The quantitative estimate of drug-likeness (QED) is 0.579. The van der Waals surface area contributed by atoms with Crippen LogP contribution in [0.2, 0.25) is 0 Å². The fraction of sp³-hybridized carbons (Fsp3) is 1.00. The maximum atomic E-state index is 6.02. The topological polar surface area (TPSA) is 46.2 Å². The summed E-state index contributed by atoms with van der Waals surface area (Å²) in [6, 6.07) is 0. The lowest BCUT2D eigenvalue weighted by Gasteiger charge is -2.26. The zero-order chi connectivity index (χ0) is 16.0. The Balaban J connectivity index is 1.80. The van der Waals surface area contributed by atoms with Gasteiger partial charge < -0.3 is 23.7 Å². The van der Waals surface area contributed by atoms with Crippen LogP contribution >= 0.6 is 0 Å². The summed E-state index contributed by atoms with van der Waals surface area (Å²) >= 11 is 0. The minimum absolute atomic E-state index is 0.00733. The molecule has 0 amide bonds. The number of unbranched alkanes of at least 4 members (excludes halogenated alkanes) is 2. The molecule has 0 spiro atoms. The lowest BCUT2D eigenvalue weighted by atomic mass is 10.1. The zero-order valence-corrected chi connectivity index (χ0v) is 14.5. The van der Waals surface area contributed by atoms with Crippen molar-refractivity contribution in [3.63, 3.8) is 0 Å². The summed E-state index contributed by atoms with van der Waals surface area (Å²) in [5.41, 5.74) is 0. The molecule has 130 valence electrons. The highest BCUT2D eigenvalue weighted by Crippen LogP contribution is 2.38. The second-order valence-electron chi connectivity index (χ2n) is 6.64. The summed E-state index contributed by atoms with van der Waals surface area (Å²) in [5.74, 6) is -0.545. The molecule has 2 rings (SSSR count). The second kappa shape index (κ2) is 8.60. The maximum Gasteiger partial charge on any atom is 0.187 e. The standard InChI is InChI=1S/C17H32O5/c1-5-7-9-18-12-15(19-10-8-6-2)13-11-14-16(20-13)22-17(3,4)21-14/h13-16H,5-12H2,1-4H3. The number of fused-ring (bicyclic) bond motifs is 1. The summed E-state index contributed by atoms with van der Waals surface area (Å²) in [7, 11) is 0. The molecule has 0 saturated carbocycles. The Labute approximate surface area is 134 Å². The predicted octanol–water partition coefficient (Wildman–Crippen LogP) is 3.25. The molecule has 2 heterocycles. The fourth-order valence-electron chi connectivity index (χ4n) is 2.86. The van der Waals surface area contributed by atoms with E-state index < -0.39 is 5.79 Å². The molecule has 0 aromatic heterocycles. The van der Waals surface area contributed by atoms with Crippen LogP contribution in [0, 0.1) is 0 Å². The lowest BCUT2D eigenvalue weighted by Crippen LogP contribution is -2.36. The van der Waals surface area contributed by atoms with Gasteiger partial charge in [-0.2, -0.15) is 0 Å². The molecule has 2 aliphatic heterocycles. The number of hydrogen-bond donors (Lipinski definition) is 0. The predicted molar refractivity (Wildman–Crippen MR) is 83.7 cm³/mol. The molecule has 0 aromatic carbocycles. The largest absolute Gasteiger partial charge is 0.379 e. The first-order chi connectivity index (χ1) is 10.6. The van der Waals surface area contributed by atoms with Gasteiger partial charge >= 0.3 is 0 Å². The molecule has 22 heavy (non-hydrogen) atoms. The second-order valence-corrected chi connectivity index (χ2v) is 6.64. The highest BCUT2D eigenvalue weighted by atomic mass is 16.8. The van der Waals surface area contributed by atoms with Gasteiger partial charge in [-0.15, -0.1) is 0 Å². The molecular weight excluding hydrogens is 284 g/mol. The molecule has 2 saturated heterocycles. The highest BCUT2D eigenvalue weighted by molar-refractivity contribution is 4.88. The van der Waals surface area contributed by atoms with Gasteiger partial charge in [-0.3, -0.25) is 0 Å². The monoisotopic (exact) mass is 316 g/mol. The van der Waals surface area contributed by atoms with Gasteiger partial charge in [0, 0.05) is 19.6 Å². The van der Waals surface area contributed by atoms with Gasteiger partial charge in [0.05, 0.1) is 12.7 Å². The van der Waals surface area contributed by atoms with Crippen LogP contribution in [0.4, 0.5) is 0 Å². The third-order valence-electron chi connectivity index (χ3n) is 4.08. The summed E-state index contributed by atoms with van der Waals surface area (Å²) in [6.45, 7) is 10.3. The van der Waals surface area contributed by atoms with Gasteiger partial charge in [-0.05, 0) is 26.7 Å². The van der Waals surface area contributed by atoms with Crippen molar-refractivity contribution in [2.24, 2.45) is 0 Å². The van der Waals surface area contributed by atoms with Gasteiger partial charge in [0.15, 0.2) is 12.1 Å². The average Bonchev–Trinajstić information content (AvgIpc) is 2.95. The molecule has 2 fully saturated rings. The zero-order valence-electron chi connectivity index (χ0n) is 14.5. The van der Waals surface area contributed by atoms with Crippen LogP contribution in [0.5, 0.6) is 0 Å². The van der Waals surface area contributed by atoms with Crippen LogP contribution < -0.4 is 0 Å². The van der Waals surface area contributed by atoms with Crippen LogP contribution in [0.3, 0.4) is 0 Å². The van der Waals surface area contributed by atoms with E-state index in [0.29, 0.717) is 6.61 Å². The third-order valence-corrected chi connectivity index (χ3v) is 4.08. The van der Waals surface area contributed by atoms with Crippen molar-refractivity contribution in [2.75, 3.05) is 19.8 Å². The van der Waals surface area contributed by atoms with E-state index in [1.807, 2.05) is 13.8 Å². The van der Waals surface area contributed by atoms with Crippen molar-refractivity contribution in [1.82, 2.24) is 0 Å². The van der Waals surface area contributed by atoms with Crippen molar-refractivity contribution in [2.45, 2.75) is 90.2 Å². The van der Waals surface area contributed by atoms with Gasteiger partial charge in [0.1, 0.15) is 12.2 Å². The van der Waals surface area contributed by atoms with E-state index in [2.05, 4.69) is 13.8 Å². The SMILES string of the molecule is CCCCOCC(OCCCC)C1CC2OC(C)(C)OC2O1. The van der Waals surface area contributed by atoms with Crippen molar-refractivity contribution >= 4 is 0 Å². The van der Waals surface area contributed by atoms with Crippen LogP contribution in [-0.2, 0) is 23.7 Å². The Morgan fingerprint density at radius 1 is 1.09 bits per heavy atom. The van der Waals surface area contributed by atoms with Gasteiger partial charge in [0.2, 0.25) is 0 Å². The summed E-state index contributed by atoms with van der Waals surface area (Å²) in [4.78, 5) is 0. The van der Waals surface area contributed by atoms with E-state index in [-0.39, 0.29) is 24.6 Å². The van der Waals surface area contributed by atoms with Crippen molar-refractivity contribution < 1.29 is 23.7 Å². The van der Waals surface area contributed by atoms with Gasteiger partial charge in [-0.1, -0.05) is 26.7 Å². The Morgan fingerprint density at radius 2 is 1.82 bits per heavy atom. The van der Waals surface area contributed by atoms with Crippen LogP contribution in [0.15, 0.2) is 0 Å². The number of hydrogen-bond acceptors (Lipinski definition) is 5. The molecule has 2 aliphatic rings. The third kappa shape index (κ3) is 5.17. The van der Waals surface area contributed by atoms with Gasteiger partial charge in [-0.25, -0.2) is 0 Å². The van der Waals surface area contributed by atoms with Crippen LogP contribution in [0.1, 0.15) is 59.8 Å². The molecule has 0 N–H and O–H groups in total. The van der Waals surface area contributed by atoms with Crippen molar-refractivity contribution in [1.29, 1.82) is 0 Å². The number of ether oxygens (including phenoxy) is 5. The van der Waals surface area contributed by atoms with E-state index in [4.69, 9.17) is 23.7 Å². The number of rotatable bonds is 10.